The van der Waals surface area contributed by atoms with Gasteiger partial charge >= 0.3 is 0 Å². The molecule has 4 rings (SSSR count). The molecule has 0 unspecified atom stereocenters. The second-order valence-corrected chi connectivity index (χ2v) is 5.80. The first kappa shape index (κ1) is 13.2. The van der Waals surface area contributed by atoms with Crippen molar-refractivity contribution in [3.8, 4) is 0 Å². The Morgan fingerprint density at radius 2 is 2.36 bits per heavy atom. The first-order chi connectivity index (χ1) is 10.7. The minimum absolute atomic E-state index is 0.134. The SMILES string of the molecule is Cc1nc(C(=O)N2Cc3cccnc3N3CCC[C@@H]3C2)no1. The fourth-order valence-electron chi connectivity index (χ4n) is 3.32. The van der Waals surface area contributed by atoms with Crippen LogP contribution in [0.4, 0.5) is 5.82 Å². The molecule has 0 aliphatic carbocycles. The highest BCUT2D eigenvalue weighted by Gasteiger charge is 2.35. The van der Waals surface area contributed by atoms with Gasteiger partial charge in [-0.25, -0.2) is 4.98 Å². The Bertz CT molecular complexity index is 713. The minimum atomic E-state index is -0.180. The van der Waals surface area contributed by atoms with Gasteiger partial charge in [-0.05, 0) is 18.9 Å². The molecule has 4 heterocycles. The molecule has 0 bridgehead atoms. The Morgan fingerprint density at radius 3 is 3.18 bits per heavy atom. The number of pyridine rings is 1. The monoisotopic (exact) mass is 299 g/mol. The van der Waals surface area contributed by atoms with Crippen molar-refractivity contribution < 1.29 is 9.32 Å². The van der Waals surface area contributed by atoms with Crippen LogP contribution in [-0.2, 0) is 6.54 Å². The summed E-state index contributed by atoms with van der Waals surface area (Å²) in [6.45, 7) is 3.88. The second-order valence-electron chi connectivity index (χ2n) is 5.80. The molecule has 7 heteroatoms. The van der Waals surface area contributed by atoms with Gasteiger partial charge in [0.2, 0.25) is 5.89 Å². The van der Waals surface area contributed by atoms with Gasteiger partial charge in [0.25, 0.3) is 11.7 Å². The lowest BCUT2D eigenvalue weighted by molar-refractivity contribution is 0.0722. The molecule has 2 aromatic heterocycles. The van der Waals surface area contributed by atoms with Crippen LogP contribution in [0.3, 0.4) is 0 Å². The summed E-state index contributed by atoms with van der Waals surface area (Å²) in [6, 6.07) is 4.26. The molecule has 0 radical (unpaired) electrons. The number of anilines is 1. The van der Waals surface area contributed by atoms with Gasteiger partial charge in [-0.15, -0.1) is 0 Å². The van der Waals surface area contributed by atoms with E-state index in [0.29, 0.717) is 25.0 Å². The molecule has 7 nitrogen and oxygen atoms in total. The summed E-state index contributed by atoms with van der Waals surface area (Å²) in [6.07, 6.45) is 4.02. The highest BCUT2D eigenvalue weighted by Crippen LogP contribution is 2.31. The molecule has 0 spiro atoms. The maximum Gasteiger partial charge on any atom is 0.295 e. The van der Waals surface area contributed by atoms with E-state index >= 15 is 0 Å². The van der Waals surface area contributed by atoms with E-state index < -0.39 is 0 Å². The lowest BCUT2D eigenvalue weighted by Crippen LogP contribution is -2.40. The predicted molar refractivity (Wildman–Crippen MR) is 78.4 cm³/mol. The topological polar surface area (TPSA) is 75.4 Å². The molecule has 2 aliphatic rings. The Balaban J connectivity index is 1.69. The van der Waals surface area contributed by atoms with Crippen molar-refractivity contribution in [3.05, 3.63) is 35.6 Å². The van der Waals surface area contributed by atoms with E-state index in [0.717, 1.165) is 30.8 Å². The zero-order valence-corrected chi connectivity index (χ0v) is 12.4. The third-order valence-corrected chi connectivity index (χ3v) is 4.32. The summed E-state index contributed by atoms with van der Waals surface area (Å²) in [7, 11) is 0. The maximum absolute atomic E-state index is 12.7. The van der Waals surface area contributed by atoms with Crippen LogP contribution in [0.2, 0.25) is 0 Å². The van der Waals surface area contributed by atoms with Crippen LogP contribution >= 0.6 is 0 Å². The van der Waals surface area contributed by atoms with Crippen LogP contribution in [0.25, 0.3) is 0 Å². The fraction of sp³-hybridized carbons (Fsp3) is 0.467. The molecular formula is C15H17N5O2. The van der Waals surface area contributed by atoms with Crippen molar-refractivity contribution in [2.75, 3.05) is 18.0 Å². The summed E-state index contributed by atoms with van der Waals surface area (Å²) in [5.41, 5.74) is 1.07. The van der Waals surface area contributed by atoms with Crippen LogP contribution in [0, 0.1) is 6.92 Å². The molecular weight excluding hydrogens is 282 g/mol. The van der Waals surface area contributed by atoms with Gasteiger partial charge in [0, 0.05) is 44.4 Å². The quantitative estimate of drug-likeness (QED) is 0.792. The lowest BCUT2D eigenvalue weighted by Gasteiger charge is -2.26. The number of aryl methyl sites for hydroxylation is 1. The zero-order chi connectivity index (χ0) is 15.1. The fourth-order valence-corrected chi connectivity index (χ4v) is 3.32. The Kier molecular flexibility index (Phi) is 3.06. The highest BCUT2D eigenvalue weighted by atomic mass is 16.5. The molecule has 1 fully saturated rings. The minimum Gasteiger partial charge on any atom is -0.352 e. The van der Waals surface area contributed by atoms with Crippen LogP contribution in [0.1, 0.15) is 34.9 Å². The number of hydrogen-bond donors (Lipinski definition) is 0. The molecule has 1 amide bonds. The molecule has 1 saturated heterocycles. The molecule has 0 N–H and O–H groups in total. The van der Waals surface area contributed by atoms with E-state index in [1.807, 2.05) is 18.3 Å². The number of amides is 1. The zero-order valence-electron chi connectivity index (χ0n) is 12.4. The standard InChI is InChI=1S/C15H17N5O2/c1-10-17-13(18-22-10)15(21)19-8-11-4-2-6-16-14(11)20-7-3-5-12(20)9-19/h2,4,6,12H,3,5,7-9H2,1H3/t12-/m1/s1. The van der Waals surface area contributed by atoms with E-state index in [2.05, 4.69) is 20.0 Å². The number of nitrogens with zero attached hydrogens (tertiary/aromatic N) is 5. The van der Waals surface area contributed by atoms with E-state index in [4.69, 9.17) is 4.52 Å². The molecule has 1 atom stereocenters. The summed E-state index contributed by atoms with van der Waals surface area (Å²) in [5, 5.41) is 3.76. The van der Waals surface area contributed by atoms with Gasteiger partial charge in [0.15, 0.2) is 0 Å². The van der Waals surface area contributed by atoms with Crippen molar-refractivity contribution in [2.45, 2.75) is 32.4 Å². The van der Waals surface area contributed by atoms with Gasteiger partial charge in [0.05, 0.1) is 0 Å². The first-order valence-electron chi connectivity index (χ1n) is 7.52. The van der Waals surface area contributed by atoms with E-state index in [9.17, 15) is 4.79 Å². The number of hydrogen-bond acceptors (Lipinski definition) is 6. The van der Waals surface area contributed by atoms with Crippen molar-refractivity contribution in [3.63, 3.8) is 0 Å². The average molecular weight is 299 g/mol. The van der Waals surface area contributed by atoms with Crippen LogP contribution < -0.4 is 4.90 Å². The molecule has 2 aromatic rings. The van der Waals surface area contributed by atoms with E-state index in [1.165, 1.54) is 0 Å². The summed E-state index contributed by atoms with van der Waals surface area (Å²) in [5.74, 6) is 1.36. The number of carbonyl (C=O) groups is 1. The summed E-state index contributed by atoms with van der Waals surface area (Å²) < 4.78 is 4.93. The van der Waals surface area contributed by atoms with Gasteiger partial charge in [0.1, 0.15) is 5.82 Å². The number of aromatic nitrogens is 3. The van der Waals surface area contributed by atoms with E-state index in [-0.39, 0.29) is 11.7 Å². The molecule has 22 heavy (non-hydrogen) atoms. The van der Waals surface area contributed by atoms with Gasteiger partial charge < -0.3 is 14.3 Å². The van der Waals surface area contributed by atoms with Crippen LogP contribution in [0.15, 0.2) is 22.9 Å². The van der Waals surface area contributed by atoms with Crippen LogP contribution in [-0.4, -0.2) is 45.1 Å². The van der Waals surface area contributed by atoms with Gasteiger partial charge in [-0.3, -0.25) is 4.79 Å². The Morgan fingerprint density at radius 1 is 1.45 bits per heavy atom. The first-order valence-corrected chi connectivity index (χ1v) is 7.52. The van der Waals surface area contributed by atoms with Crippen LogP contribution in [0.5, 0.6) is 0 Å². The highest BCUT2D eigenvalue weighted by molar-refractivity contribution is 5.90. The normalized spacial score (nSPS) is 20.5. The Hall–Kier alpha value is -2.44. The van der Waals surface area contributed by atoms with Crippen molar-refractivity contribution >= 4 is 11.7 Å². The molecule has 0 aromatic carbocycles. The third-order valence-electron chi connectivity index (χ3n) is 4.32. The molecule has 114 valence electrons. The summed E-state index contributed by atoms with van der Waals surface area (Å²) in [4.78, 5) is 25.4. The van der Waals surface area contributed by atoms with E-state index in [1.54, 1.807) is 11.8 Å². The number of carbonyl (C=O) groups excluding carboxylic acids is 1. The van der Waals surface area contributed by atoms with Crippen molar-refractivity contribution in [1.29, 1.82) is 0 Å². The number of rotatable bonds is 1. The van der Waals surface area contributed by atoms with Gasteiger partial charge in [-0.1, -0.05) is 11.2 Å². The lowest BCUT2D eigenvalue weighted by atomic mass is 10.2. The smallest absolute Gasteiger partial charge is 0.295 e. The Labute approximate surface area is 127 Å². The average Bonchev–Trinajstić information content (AvgIpc) is 3.12. The number of fused-ring (bicyclic) bond motifs is 3. The molecule has 2 aliphatic heterocycles. The van der Waals surface area contributed by atoms with Crippen molar-refractivity contribution in [2.24, 2.45) is 0 Å². The maximum atomic E-state index is 12.7. The summed E-state index contributed by atoms with van der Waals surface area (Å²) >= 11 is 0. The predicted octanol–water partition coefficient (Wildman–Crippen LogP) is 1.40. The second kappa shape index (κ2) is 5.08. The molecule has 0 saturated carbocycles. The largest absolute Gasteiger partial charge is 0.352 e. The van der Waals surface area contributed by atoms with Gasteiger partial charge in [-0.2, -0.15) is 4.98 Å². The van der Waals surface area contributed by atoms with Crippen molar-refractivity contribution in [1.82, 2.24) is 20.0 Å². The third kappa shape index (κ3) is 2.13.